The van der Waals surface area contributed by atoms with Gasteiger partial charge >= 0.3 is 0 Å². The molecule has 0 unspecified atom stereocenters. The highest BCUT2D eigenvalue weighted by atomic mass is 32.1. The van der Waals surface area contributed by atoms with Gasteiger partial charge in [-0.25, -0.2) is 4.98 Å². The molecule has 1 aromatic carbocycles. The summed E-state index contributed by atoms with van der Waals surface area (Å²) in [5.41, 5.74) is 3.84. The summed E-state index contributed by atoms with van der Waals surface area (Å²) in [5.74, 6) is -0.100. The van der Waals surface area contributed by atoms with Gasteiger partial charge in [0.25, 0.3) is 5.91 Å². The zero-order chi connectivity index (χ0) is 26.6. The SMILES string of the molecule is Cc1ccc(-c2ccc(NC(=O)c3cc4sc(N5CCC(NCCN6CCOCC6)CC5)nc4s3)cc2)nc1. The van der Waals surface area contributed by atoms with E-state index in [0.29, 0.717) is 10.9 Å². The van der Waals surface area contributed by atoms with E-state index in [-0.39, 0.29) is 5.91 Å². The molecule has 2 fully saturated rings. The molecule has 2 aliphatic rings. The highest BCUT2D eigenvalue weighted by Crippen LogP contribution is 2.36. The van der Waals surface area contributed by atoms with Gasteiger partial charge < -0.3 is 20.3 Å². The summed E-state index contributed by atoms with van der Waals surface area (Å²) in [6.07, 6.45) is 4.12. The Morgan fingerprint density at radius 2 is 1.85 bits per heavy atom. The van der Waals surface area contributed by atoms with Gasteiger partial charge in [-0.05, 0) is 49.6 Å². The minimum Gasteiger partial charge on any atom is -0.379 e. The second kappa shape index (κ2) is 12.1. The molecule has 2 aliphatic heterocycles. The molecule has 3 aromatic heterocycles. The van der Waals surface area contributed by atoms with Crippen molar-refractivity contribution in [3.05, 3.63) is 59.1 Å². The number of amides is 1. The number of ether oxygens (including phenoxy) is 1. The van der Waals surface area contributed by atoms with E-state index < -0.39 is 0 Å². The number of nitrogens with one attached hydrogen (secondary N) is 2. The van der Waals surface area contributed by atoms with Crippen molar-refractivity contribution in [1.82, 2.24) is 20.2 Å². The first-order chi connectivity index (χ1) is 19.1. The number of piperidine rings is 1. The number of carbonyl (C=O) groups is 1. The van der Waals surface area contributed by atoms with Gasteiger partial charge in [0.05, 0.1) is 28.5 Å². The Balaban J connectivity index is 0.996. The number of hydrogen-bond acceptors (Lipinski definition) is 9. The van der Waals surface area contributed by atoms with Gasteiger partial charge in [-0.1, -0.05) is 29.5 Å². The average Bonchev–Trinajstić information content (AvgIpc) is 3.55. The molecule has 0 radical (unpaired) electrons. The molecule has 1 amide bonds. The van der Waals surface area contributed by atoms with E-state index in [1.807, 2.05) is 55.6 Å². The number of aryl methyl sites for hydroxylation is 1. The molecule has 0 saturated carbocycles. The highest BCUT2D eigenvalue weighted by Gasteiger charge is 2.23. The van der Waals surface area contributed by atoms with Crippen LogP contribution in [-0.4, -0.2) is 79.3 Å². The van der Waals surface area contributed by atoms with E-state index in [0.717, 1.165) is 102 Å². The number of rotatable bonds is 8. The van der Waals surface area contributed by atoms with Gasteiger partial charge in [-0.3, -0.25) is 14.7 Å². The number of nitrogens with zero attached hydrogens (tertiary/aromatic N) is 4. The molecule has 4 aromatic rings. The van der Waals surface area contributed by atoms with Crippen LogP contribution in [0.15, 0.2) is 48.7 Å². The average molecular weight is 563 g/mol. The van der Waals surface area contributed by atoms with Gasteiger partial charge in [0.2, 0.25) is 0 Å². The molecule has 39 heavy (non-hydrogen) atoms. The topological polar surface area (TPSA) is 82.6 Å². The van der Waals surface area contributed by atoms with Crippen molar-refractivity contribution in [2.75, 3.05) is 62.7 Å². The summed E-state index contributed by atoms with van der Waals surface area (Å²) in [5, 5.41) is 7.83. The number of morpholine rings is 1. The quantitative estimate of drug-likeness (QED) is 0.317. The molecule has 8 nitrogen and oxygen atoms in total. The normalized spacial score (nSPS) is 17.1. The van der Waals surface area contributed by atoms with E-state index in [2.05, 4.69) is 25.4 Å². The van der Waals surface area contributed by atoms with Crippen LogP contribution >= 0.6 is 22.7 Å². The molecule has 0 spiro atoms. The van der Waals surface area contributed by atoms with Crippen LogP contribution in [0.5, 0.6) is 0 Å². The maximum Gasteiger partial charge on any atom is 0.265 e. The summed E-state index contributed by atoms with van der Waals surface area (Å²) < 4.78 is 6.51. The number of pyridine rings is 1. The first-order valence-corrected chi connectivity index (χ1v) is 15.3. The van der Waals surface area contributed by atoms with Crippen LogP contribution in [0, 0.1) is 6.92 Å². The molecular weight excluding hydrogens is 528 g/mol. The second-order valence-electron chi connectivity index (χ2n) is 10.2. The van der Waals surface area contributed by atoms with Gasteiger partial charge in [0, 0.05) is 62.8 Å². The Kier molecular flexibility index (Phi) is 8.17. The summed E-state index contributed by atoms with van der Waals surface area (Å²) >= 11 is 3.15. The molecule has 0 bridgehead atoms. The second-order valence-corrected chi connectivity index (χ2v) is 12.2. The summed E-state index contributed by atoms with van der Waals surface area (Å²) in [6, 6.07) is 14.4. The zero-order valence-electron chi connectivity index (χ0n) is 22.2. The fraction of sp³-hybridized carbons (Fsp3) is 0.414. The molecule has 6 rings (SSSR count). The van der Waals surface area contributed by atoms with Crippen LogP contribution in [0.25, 0.3) is 20.8 Å². The minimum absolute atomic E-state index is 0.100. The largest absolute Gasteiger partial charge is 0.379 e. The fourth-order valence-electron chi connectivity index (χ4n) is 5.05. The van der Waals surface area contributed by atoms with Crippen LogP contribution in [0.4, 0.5) is 10.8 Å². The Morgan fingerprint density at radius 3 is 2.56 bits per heavy atom. The van der Waals surface area contributed by atoms with Gasteiger partial charge in [0.15, 0.2) is 5.13 Å². The lowest BCUT2D eigenvalue weighted by atomic mass is 10.1. The summed E-state index contributed by atoms with van der Waals surface area (Å²) in [6.45, 7) is 9.99. The number of benzene rings is 1. The van der Waals surface area contributed by atoms with E-state index in [4.69, 9.17) is 9.72 Å². The van der Waals surface area contributed by atoms with E-state index in [1.54, 1.807) is 11.3 Å². The third-order valence-corrected chi connectivity index (χ3v) is 9.60. The first-order valence-electron chi connectivity index (χ1n) is 13.6. The van der Waals surface area contributed by atoms with Crippen molar-refractivity contribution in [3.8, 4) is 11.3 Å². The van der Waals surface area contributed by atoms with Crippen molar-refractivity contribution in [2.24, 2.45) is 0 Å². The molecule has 5 heterocycles. The maximum atomic E-state index is 12.9. The Bertz CT molecular complexity index is 1360. The zero-order valence-corrected chi connectivity index (χ0v) is 23.8. The number of aromatic nitrogens is 2. The number of anilines is 2. The third-order valence-electron chi connectivity index (χ3n) is 7.38. The van der Waals surface area contributed by atoms with Crippen molar-refractivity contribution >= 4 is 48.9 Å². The van der Waals surface area contributed by atoms with Crippen molar-refractivity contribution in [3.63, 3.8) is 0 Å². The minimum atomic E-state index is -0.100. The van der Waals surface area contributed by atoms with Gasteiger partial charge in [-0.2, -0.15) is 0 Å². The summed E-state index contributed by atoms with van der Waals surface area (Å²) in [7, 11) is 0. The van der Waals surface area contributed by atoms with Crippen molar-refractivity contribution in [1.29, 1.82) is 0 Å². The number of thiophene rings is 1. The molecule has 2 saturated heterocycles. The predicted molar refractivity (Wildman–Crippen MR) is 160 cm³/mol. The lowest BCUT2D eigenvalue weighted by Crippen LogP contribution is -2.46. The van der Waals surface area contributed by atoms with Crippen LogP contribution in [0.3, 0.4) is 0 Å². The van der Waals surface area contributed by atoms with Crippen molar-refractivity contribution < 1.29 is 9.53 Å². The predicted octanol–water partition coefficient (Wildman–Crippen LogP) is 4.87. The Labute approximate surface area is 237 Å². The number of hydrogen-bond donors (Lipinski definition) is 2. The van der Waals surface area contributed by atoms with E-state index >= 15 is 0 Å². The molecular formula is C29H34N6O2S2. The monoisotopic (exact) mass is 562 g/mol. The van der Waals surface area contributed by atoms with Crippen LogP contribution in [0.1, 0.15) is 28.1 Å². The first kappa shape index (κ1) is 26.3. The van der Waals surface area contributed by atoms with Crippen LogP contribution < -0.4 is 15.5 Å². The molecule has 0 atom stereocenters. The maximum absolute atomic E-state index is 12.9. The van der Waals surface area contributed by atoms with Crippen molar-refractivity contribution in [2.45, 2.75) is 25.8 Å². The highest BCUT2D eigenvalue weighted by molar-refractivity contribution is 7.29. The standard InChI is InChI=1S/C29H34N6O2S2/c1-20-2-7-24(31-19-20)21-3-5-23(6-4-21)32-27(36)25-18-26-28(38-25)33-29(39-26)35-11-8-22(9-12-35)30-10-13-34-14-16-37-17-15-34/h2-7,18-19,22,30H,8-17H2,1H3,(H,32,36). The van der Waals surface area contributed by atoms with Gasteiger partial charge in [-0.15, -0.1) is 11.3 Å². The molecule has 204 valence electrons. The lowest BCUT2D eigenvalue weighted by molar-refractivity contribution is 0.0380. The molecule has 2 N–H and O–H groups in total. The van der Waals surface area contributed by atoms with Gasteiger partial charge in [0.1, 0.15) is 4.83 Å². The number of fused-ring (bicyclic) bond motifs is 1. The lowest BCUT2D eigenvalue weighted by Gasteiger charge is -2.33. The number of thiazole rings is 1. The van der Waals surface area contributed by atoms with Crippen LogP contribution in [-0.2, 0) is 4.74 Å². The summed E-state index contributed by atoms with van der Waals surface area (Å²) in [4.78, 5) is 28.8. The third kappa shape index (κ3) is 6.47. The Morgan fingerprint density at radius 1 is 1.05 bits per heavy atom. The van der Waals surface area contributed by atoms with E-state index in [9.17, 15) is 4.79 Å². The smallest absolute Gasteiger partial charge is 0.265 e. The Hall–Kier alpha value is -2.89. The van der Waals surface area contributed by atoms with Crippen LogP contribution in [0.2, 0.25) is 0 Å². The van der Waals surface area contributed by atoms with E-state index in [1.165, 1.54) is 11.3 Å². The molecule has 10 heteroatoms. The molecule has 0 aliphatic carbocycles. The fourth-order valence-corrected chi connectivity index (χ4v) is 7.21. The number of carbonyl (C=O) groups excluding carboxylic acids is 1.